The summed E-state index contributed by atoms with van der Waals surface area (Å²) in [6.07, 6.45) is -1.97. The number of benzene rings is 2. The minimum absolute atomic E-state index is 0.0421. The summed E-state index contributed by atoms with van der Waals surface area (Å²) < 4.78 is 71.4. The Bertz CT molecular complexity index is 659. The minimum atomic E-state index is -3.51. The first-order valence-corrected chi connectivity index (χ1v) is 7.58. The Hall–Kier alpha value is -1.95. The molecule has 0 unspecified atom stereocenters. The van der Waals surface area contributed by atoms with Gasteiger partial charge in [0.25, 0.3) is 0 Å². The van der Waals surface area contributed by atoms with Gasteiger partial charge in [0.2, 0.25) is 0 Å². The molecule has 0 amide bonds. The fraction of sp³-hybridized carbons (Fsp3) is 0.333. The van der Waals surface area contributed by atoms with Crippen molar-refractivity contribution in [2.45, 2.75) is 32.3 Å². The highest BCUT2D eigenvalue weighted by Crippen LogP contribution is 2.30. The standard InChI is InChI=1S/C18H17F5O/c1-2-3-12-4-6-14(7-5-12)18(22,23)24-9-8-13-10-15(19)17(21)16(20)11-13/h4-7,10-11H,2-3,8-9H2,1H3. The molecule has 0 spiro atoms. The van der Waals surface area contributed by atoms with Crippen molar-refractivity contribution in [1.82, 2.24) is 0 Å². The molecule has 0 fully saturated rings. The van der Waals surface area contributed by atoms with Crippen LogP contribution in [0.5, 0.6) is 0 Å². The molecule has 6 heteroatoms. The maximum atomic E-state index is 14.0. The molecule has 2 aromatic carbocycles. The molecule has 0 saturated heterocycles. The zero-order valence-electron chi connectivity index (χ0n) is 13.1. The van der Waals surface area contributed by atoms with Crippen LogP contribution < -0.4 is 0 Å². The Morgan fingerprint density at radius 2 is 1.46 bits per heavy atom. The Morgan fingerprint density at radius 1 is 0.875 bits per heavy atom. The zero-order chi connectivity index (χ0) is 17.7. The van der Waals surface area contributed by atoms with E-state index in [2.05, 4.69) is 4.74 Å². The molecule has 0 aliphatic carbocycles. The van der Waals surface area contributed by atoms with Gasteiger partial charge >= 0.3 is 6.11 Å². The smallest absolute Gasteiger partial charge is 0.316 e. The molecule has 0 bridgehead atoms. The molecule has 0 atom stereocenters. The first kappa shape index (κ1) is 18.4. The molecular formula is C18H17F5O. The lowest BCUT2D eigenvalue weighted by molar-refractivity contribution is -0.248. The molecule has 0 aliphatic heterocycles. The molecule has 24 heavy (non-hydrogen) atoms. The summed E-state index contributed by atoms with van der Waals surface area (Å²) in [5.74, 6) is -4.30. The van der Waals surface area contributed by atoms with Gasteiger partial charge < -0.3 is 4.74 Å². The van der Waals surface area contributed by atoms with Crippen molar-refractivity contribution in [1.29, 1.82) is 0 Å². The topological polar surface area (TPSA) is 9.23 Å². The lowest BCUT2D eigenvalue weighted by Crippen LogP contribution is -2.20. The van der Waals surface area contributed by atoms with Gasteiger partial charge in [0.15, 0.2) is 17.5 Å². The minimum Gasteiger partial charge on any atom is -0.316 e. The fourth-order valence-electron chi connectivity index (χ4n) is 2.29. The van der Waals surface area contributed by atoms with Crippen LogP contribution in [0.3, 0.4) is 0 Å². The third kappa shape index (κ3) is 4.54. The molecule has 2 aromatic rings. The van der Waals surface area contributed by atoms with E-state index >= 15 is 0 Å². The van der Waals surface area contributed by atoms with Crippen molar-refractivity contribution in [3.8, 4) is 0 Å². The highest BCUT2D eigenvalue weighted by atomic mass is 19.3. The summed E-state index contributed by atoms with van der Waals surface area (Å²) in [6.45, 7) is 1.53. The van der Waals surface area contributed by atoms with Crippen LogP contribution in [0.25, 0.3) is 0 Å². The van der Waals surface area contributed by atoms with Crippen molar-refractivity contribution in [2.24, 2.45) is 0 Å². The van der Waals surface area contributed by atoms with Crippen molar-refractivity contribution in [3.05, 3.63) is 70.5 Å². The van der Waals surface area contributed by atoms with Gasteiger partial charge in [0.05, 0.1) is 12.2 Å². The molecule has 0 N–H and O–H groups in total. The van der Waals surface area contributed by atoms with E-state index in [0.717, 1.165) is 30.5 Å². The second kappa shape index (κ2) is 7.75. The van der Waals surface area contributed by atoms with Gasteiger partial charge in [0, 0.05) is 0 Å². The predicted octanol–water partition coefficient (Wildman–Crippen LogP) is 5.37. The molecule has 0 heterocycles. The summed E-state index contributed by atoms with van der Waals surface area (Å²) in [7, 11) is 0. The maximum Gasteiger partial charge on any atom is 0.383 e. The lowest BCUT2D eigenvalue weighted by atomic mass is 10.1. The largest absolute Gasteiger partial charge is 0.383 e. The summed E-state index contributed by atoms with van der Waals surface area (Å²) >= 11 is 0. The first-order chi connectivity index (χ1) is 11.3. The van der Waals surface area contributed by atoms with Crippen LogP contribution in [0.15, 0.2) is 36.4 Å². The third-order valence-corrected chi connectivity index (χ3v) is 3.55. The Balaban J connectivity index is 1.97. The van der Waals surface area contributed by atoms with E-state index in [0.29, 0.717) is 0 Å². The number of hydrogen-bond donors (Lipinski definition) is 0. The van der Waals surface area contributed by atoms with Crippen LogP contribution in [0.1, 0.15) is 30.0 Å². The van der Waals surface area contributed by atoms with Crippen LogP contribution in [0.4, 0.5) is 22.0 Å². The summed E-state index contributed by atoms with van der Waals surface area (Å²) in [5.41, 5.74) is 0.702. The average Bonchev–Trinajstić information content (AvgIpc) is 2.53. The van der Waals surface area contributed by atoms with Crippen molar-refractivity contribution < 1.29 is 26.7 Å². The Kier molecular flexibility index (Phi) is 5.94. The molecule has 130 valence electrons. The van der Waals surface area contributed by atoms with Gasteiger partial charge in [-0.05, 0) is 36.1 Å². The maximum absolute atomic E-state index is 14.0. The summed E-state index contributed by atoms with van der Waals surface area (Å²) in [6, 6.07) is 7.34. The second-order valence-electron chi connectivity index (χ2n) is 5.44. The lowest BCUT2D eigenvalue weighted by Gasteiger charge is -2.17. The van der Waals surface area contributed by atoms with Crippen LogP contribution in [-0.4, -0.2) is 6.61 Å². The number of alkyl halides is 2. The zero-order valence-corrected chi connectivity index (χ0v) is 13.1. The second-order valence-corrected chi connectivity index (χ2v) is 5.44. The van der Waals surface area contributed by atoms with Gasteiger partial charge in [-0.15, -0.1) is 0 Å². The number of hydrogen-bond acceptors (Lipinski definition) is 1. The van der Waals surface area contributed by atoms with Gasteiger partial charge in [-0.25, -0.2) is 13.2 Å². The van der Waals surface area contributed by atoms with Crippen molar-refractivity contribution >= 4 is 0 Å². The predicted molar refractivity (Wildman–Crippen MR) is 80.3 cm³/mol. The Labute approximate surface area is 137 Å². The van der Waals surface area contributed by atoms with Crippen molar-refractivity contribution in [3.63, 3.8) is 0 Å². The van der Waals surface area contributed by atoms with E-state index < -0.39 is 30.2 Å². The normalized spacial score (nSPS) is 11.8. The van der Waals surface area contributed by atoms with Crippen LogP contribution in [-0.2, 0) is 23.7 Å². The highest BCUT2D eigenvalue weighted by Gasteiger charge is 2.32. The summed E-state index contributed by atoms with van der Waals surface area (Å²) in [5, 5.41) is 0. The van der Waals surface area contributed by atoms with E-state index in [1.54, 1.807) is 12.1 Å². The van der Waals surface area contributed by atoms with Gasteiger partial charge in [-0.2, -0.15) is 8.78 Å². The SMILES string of the molecule is CCCc1ccc(C(F)(F)OCCc2cc(F)c(F)c(F)c2)cc1. The number of aryl methyl sites for hydroxylation is 1. The monoisotopic (exact) mass is 344 g/mol. The Morgan fingerprint density at radius 3 is 2.00 bits per heavy atom. The van der Waals surface area contributed by atoms with Crippen molar-refractivity contribution in [2.75, 3.05) is 6.61 Å². The molecule has 2 rings (SSSR count). The number of rotatable bonds is 7. The van der Waals surface area contributed by atoms with Gasteiger partial charge in [-0.3, -0.25) is 0 Å². The quantitative estimate of drug-likeness (QED) is 0.485. The molecule has 0 aromatic heterocycles. The summed E-state index contributed by atoms with van der Waals surface area (Å²) in [4.78, 5) is 0. The van der Waals surface area contributed by atoms with Gasteiger partial charge in [-0.1, -0.05) is 37.6 Å². The molecular weight excluding hydrogens is 327 g/mol. The van der Waals surface area contributed by atoms with E-state index in [9.17, 15) is 22.0 Å². The third-order valence-electron chi connectivity index (χ3n) is 3.55. The highest BCUT2D eigenvalue weighted by molar-refractivity contribution is 5.25. The van der Waals surface area contributed by atoms with Gasteiger partial charge in [0.1, 0.15) is 0 Å². The van der Waals surface area contributed by atoms with Crippen LogP contribution in [0.2, 0.25) is 0 Å². The van der Waals surface area contributed by atoms with E-state index in [-0.39, 0.29) is 17.5 Å². The van der Waals surface area contributed by atoms with E-state index in [1.165, 1.54) is 12.1 Å². The molecule has 0 radical (unpaired) electrons. The molecule has 1 nitrogen and oxygen atoms in total. The van der Waals surface area contributed by atoms with Crippen LogP contribution in [0, 0.1) is 17.5 Å². The fourth-order valence-corrected chi connectivity index (χ4v) is 2.29. The molecule has 0 saturated carbocycles. The van der Waals surface area contributed by atoms with Crippen LogP contribution >= 0.6 is 0 Å². The number of halogens is 5. The van der Waals surface area contributed by atoms with E-state index in [4.69, 9.17) is 0 Å². The van der Waals surface area contributed by atoms with E-state index in [1.807, 2.05) is 6.92 Å². The average molecular weight is 344 g/mol. The number of ether oxygens (including phenoxy) is 1. The molecule has 0 aliphatic rings. The first-order valence-electron chi connectivity index (χ1n) is 7.58.